The third-order valence-corrected chi connectivity index (χ3v) is 6.50. The quantitative estimate of drug-likeness (QED) is 0.620. The molecule has 5 atom stereocenters. The highest BCUT2D eigenvalue weighted by Crippen LogP contribution is 2.65. The molecule has 2 saturated carbocycles. The van der Waals surface area contributed by atoms with Crippen molar-refractivity contribution in [2.24, 2.45) is 28.6 Å². The zero-order valence-corrected chi connectivity index (χ0v) is 12.0. The first-order chi connectivity index (χ1) is 7.74. The first kappa shape index (κ1) is 12.9. The molecule has 2 aliphatic rings. The number of carbonyl (C=O) groups is 1. The van der Waals surface area contributed by atoms with Crippen LogP contribution in [0.15, 0.2) is 12.2 Å². The predicted octanol–water partition coefficient (Wildman–Crippen LogP) is 4.23. The molecule has 0 aromatic heterocycles. The van der Waals surface area contributed by atoms with Gasteiger partial charge in [0.25, 0.3) is 0 Å². The van der Waals surface area contributed by atoms with Crippen LogP contribution < -0.4 is 0 Å². The van der Waals surface area contributed by atoms with Gasteiger partial charge in [-0.2, -0.15) is 0 Å². The SMILES string of the molecule is C=C(C)[C@@H]1CC[C@]2(C)[C@@H](C)C(=O)C[C@]2(C)[C@H]1C. The van der Waals surface area contributed by atoms with Crippen LogP contribution in [0.25, 0.3) is 0 Å². The Morgan fingerprint density at radius 3 is 2.41 bits per heavy atom. The van der Waals surface area contributed by atoms with Crippen molar-refractivity contribution < 1.29 is 4.79 Å². The first-order valence-corrected chi connectivity index (χ1v) is 6.92. The molecule has 1 nitrogen and oxygen atoms in total. The molecular weight excluding hydrogens is 208 g/mol. The Hall–Kier alpha value is -0.590. The fourth-order valence-corrected chi connectivity index (χ4v) is 4.57. The molecule has 96 valence electrons. The van der Waals surface area contributed by atoms with E-state index < -0.39 is 0 Å². The van der Waals surface area contributed by atoms with Gasteiger partial charge in [0, 0.05) is 12.3 Å². The van der Waals surface area contributed by atoms with Gasteiger partial charge in [-0.1, -0.05) is 39.8 Å². The topological polar surface area (TPSA) is 17.1 Å². The van der Waals surface area contributed by atoms with Crippen LogP contribution in [0.1, 0.15) is 53.9 Å². The maximum absolute atomic E-state index is 12.2. The van der Waals surface area contributed by atoms with Crippen molar-refractivity contribution in [3.05, 3.63) is 12.2 Å². The van der Waals surface area contributed by atoms with Gasteiger partial charge in [0.05, 0.1) is 0 Å². The summed E-state index contributed by atoms with van der Waals surface area (Å²) in [7, 11) is 0. The number of hydrogen-bond acceptors (Lipinski definition) is 1. The Kier molecular flexibility index (Phi) is 2.80. The van der Waals surface area contributed by atoms with Crippen molar-refractivity contribution in [2.45, 2.75) is 53.9 Å². The number of ketones is 1. The molecule has 0 aromatic carbocycles. The van der Waals surface area contributed by atoms with Crippen LogP contribution >= 0.6 is 0 Å². The van der Waals surface area contributed by atoms with Crippen molar-refractivity contribution in [1.82, 2.24) is 0 Å². The van der Waals surface area contributed by atoms with Gasteiger partial charge in [-0.3, -0.25) is 4.79 Å². The average molecular weight is 234 g/mol. The van der Waals surface area contributed by atoms with Gasteiger partial charge in [-0.15, -0.1) is 0 Å². The highest BCUT2D eigenvalue weighted by atomic mass is 16.1. The van der Waals surface area contributed by atoms with E-state index in [0.717, 1.165) is 6.42 Å². The lowest BCUT2D eigenvalue weighted by Gasteiger charge is -2.54. The van der Waals surface area contributed by atoms with Gasteiger partial charge in [0.15, 0.2) is 0 Å². The summed E-state index contributed by atoms with van der Waals surface area (Å²) < 4.78 is 0. The number of allylic oxidation sites excluding steroid dienone is 1. The summed E-state index contributed by atoms with van der Waals surface area (Å²) in [4.78, 5) is 12.2. The van der Waals surface area contributed by atoms with Crippen LogP contribution in [0.3, 0.4) is 0 Å². The monoisotopic (exact) mass is 234 g/mol. The van der Waals surface area contributed by atoms with E-state index in [1.165, 1.54) is 18.4 Å². The van der Waals surface area contributed by atoms with Gasteiger partial charge < -0.3 is 0 Å². The number of rotatable bonds is 1. The predicted molar refractivity (Wildman–Crippen MR) is 71.7 cm³/mol. The molecule has 0 aliphatic heterocycles. The van der Waals surface area contributed by atoms with Gasteiger partial charge in [0.2, 0.25) is 0 Å². The van der Waals surface area contributed by atoms with Gasteiger partial charge in [-0.25, -0.2) is 0 Å². The molecule has 0 radical (unpaired) electrons. The Bertz CT molecular complexity index is 370. The number of fused-ring (bicyclic) bond motifs is 1. The van der Waals surface area contributed by atoms with Gasteiger partial charge in [-0.05, 0) is 42.4 Å². The summed E-state index contributed by atoms with van der Waals surface area (Å²) in [5, 5.41) is 0. The minimum atomic E-state index is 0.172. The molecule has 2 rings (SSSR count). The molecule has 0 saturated heterocycles. The molecule has 0 N–H and O–H groups in total. The first-order valence-electron chi connectivity index (χ1n) is 6.92. The van der Waals surface area contributed by atoms with Gasteiger partial charge >= 0.3 is 0 Å². The standard InChI is InChI=1S/C16H26O/c1-10(2)13-7-8-15(5)12(4)14(17)9-16(15,6)11(13)3/h11-13H,1,7-9H2,2-6H3/t11-,12-,13-,15+,16+/m0/s1. The third kappa shape index (κ3) is 1.47. The summed E-state index contributed by atoms with van der Waals surface area (Å²) in [5.74, 6) is 1.89. The van der Waals surface area contributed by atoms with Crippen LogP contribution in [-0.2, 0) is 4.79 Å². The number of carbonyl (C=O) groups excluding carboxylic acids is 1. The number of hydrogen-bond donors (Lipinski definition) is 0. The molecule has 0 amide bonds. The highest BCUT2D eigenvalue weighted by Gasteiger charge is 2.61. The van der Waals surface area contributed by atoms with E-state index >= 15 is 0 Å². The van der Waals surface area contributed by atoms with Crippen molar-refractivity contribution in [1.29, 1.82) is 0 Å². The Morgan fingerprint density at radius 1 is 1.29 bits per heavy atom. The lowest BCUT2D eigenvalue weighted by Crippen LogP contribution is -2.47. The minimum Gasteiger partial charge on any atom is -0.299 e. The molecule has 2 aliphatic carbocycles. The fraction of sp³-hybridized carbons (Fsp3) is 0.812. The second-order valence-electron chi connectivity index (χ2n) is 6.98. The molecule has 0 spiro atoms. The Morgan fingerprint density at radius 2 is 1.88 bits per heavy atom. The fourth-order valence-electron chi connectivity index (χ4n) is 4.57. The lowest BCUT2D eigenvalue weighted by molar-refractivity contribution is -0.121. The largest absolute Gasteiger partial charge is 0.299 e. The van der Waals surface area contributed by atoms with Crippen LogP contribution in [0, 0.1) is 28.6 Å². The molecule has 0 unspecified atom stereocenters. The Balaban J connectivity index is 2.41. The van der Waals surface area contributed by atoms with E-state index in [1.807, 2.05) is 0 Å². The van der Waals surface area contributed by atoms with E-state index in [-0.39, 0.29) is 16.7 Å². The maximum Gasteiger partial charge on any atom is 0.136 e. The van der Waals surface area contributed by atoms with Crippen molar-refractivity contribution >= 4 is 5.78 Å². The lowest BCUT2D eigenvalue weighted by atomic mass is 9.50. The van der Waals surface area contributed by atoms with E-state index in [4.69, 9.17) is 0 Å². The molecule has 0 aromatic rings. The van der Waals surface area contributed by atoms with Crippen molar-refractivity contribution in [3.63, 3.8) is 0 Å². The summed E-state index contributed by atoms with van der Waals surface area (Å²) >= 11 is 0. The Labute approximate surface area is 106 Å². The maximum atomic E-state index is 12.2. The highest BCUT2D eigenvalue weighted by molar-refractivity contribution is 5.85. The second kappa shape index (κ2) is 3.70. The zero-order valence-electron chi connectivity index (χ0n) is 12.0. The van der Waals surface area contributed by atoms with E-state index in [1.54, 1.807) is 0 Å². The zero-order chi connectivity index (χ0) is 13.0. The van der Waals surface area contributed by atoms with E-state index in [0.29, 0.717) is 17.6 Å². The van der Waals surface area contributed by atoms with Crippen LogP contribution in [0.4, 0.5) is 0 Å². The molecule has 2 fully saturated rings. The van der Waals surface area contributed by atoms with Crippen LogP contribution in [-0.4, -0.2) is 5.78 Å². The molecule has 1 heteroatoms. The molecule has 0 heterocycles. The normalized spacial score (nSPS) is 50.2. The molecule has 17 heavy (non-hydrogen) atoms. The minimum absolute atomic E-state index is 0.172. The summed E-state index contributed by atoms with van der Waals surface area (Å²) in [6.45, 7) is 15.5. The molecule has 0 bridgehead atoms. The number of Topliss-reactive ketones (excluding diaryl/α,β-unsaturated/α-hetero) is 1. The average Bonchev–Trinajstić information content (AvgIpc) is 2.41. The second-order valence-corrected chi connectivity index (χ2v) is 6.98. The van der Waals surface area contributed by atoms with E-state index in [2.05, 4.69) is 41.2 Å². The van der Waals surface area contributed by atoms with Crippen molar-refractivity contribution in [3.8, 4) is 0 Å². The summed E-state index contributed by atoms with van der Waals surface area (Å²) in [6, 6.07) is 0. The third-order valence-electron chi connectivity index (χ3n) is 6.50. The van der Waals surface area contributed by atoms with Crippen LogP contribution in [0.5, 0.6) is 0 Å². The smallest absolute Gasteiger partial charge is 0.136 e. The summed E-state index contributed by atoms with van der Waals surface area (Å²) in [5.41, 5.74) is 1.67. The van der Waals surface area contributed by atoms with E-state index in [9.17, 15) is 4.79 Å². The van der Waals surface area contributed by atoms with Crippen LogP contribution in [0.2, 0.25) is 0 Å². The van der Waals surface area contributed by atoms with Gasteiger partial charge in [0.1, 0.15) is 5.78 Å². The van der Waals surface area contributed by atoms with Crippen molar-refractivity contribution in [2.75, 3.05) is 0 Å². The summed E-state index contributed by atoms with van der Waals surface area (Å²) in [6.07, 6.45) is 3.16. The molecular formula is C16H26O.